The lowest BCUT2D eigenvalue weighted by Crippen LogP contribution is -3.13. The summed E-state index contributed by atoms with van der Waals surface area (Å²) < 4.78 is 5.29. The molecule has 0 saturated carbocycles. The van der Waals surface area contributed by atoms with Crippen molar-refractivity contribution in [2.24, 2.45) is 0 Å². The molecule has 3 rings (SSSR count). The molecule has 2 aromatic rings. The molecule has 1 aliphatic rings. The molecule has 6 heteroatoms. The molecule has 1 aromatic carbocycles. The van der Waals surface area contributed by atoms with Crippen LogP contribution in [0.1, 0.15) is 35.5 Å². The van der Waals surface area contributed by atoms with Crippen LogP contribution in [0.3, 0.4) is 0 Å². The summed E-state index contributed by atoms with van der Waals surface area (Å²) in [6.45, 7) is 9.58. The zero-order valence-corrected chi connectivity index (χ0v) is 15.7. The van der Waals surface area contributed by atoms with Gasteiger partial charge in [-0.15, -0.1) is 0 Å². The fourth-order valence-electron chi connectivity index (χ4n) is 3.59. The van der Waals surface area contributed by atoms with Crippen molar-refractivity contribution < 1.29 is 19.2 Å². The lowest BCUT2D eigenvalue weighted by molar-refractivity contribution is -0.917. The number of hydrogen-bond donors (Lipinski definition) is 1. The highest BCUT2D eigenvalue weighted by Crippen LogP contribution is 2.23. The molecule has 1 saturated heterocycles. The number of para-hydroxylation sites is 1. The molecule has 2 heterocycles. The average Bonchev–Trinajstić information content (AvgIpc) is 2.62. The Morgan fingerprint density at radius 2 is 1.92 bits per heavy atom. The number of fused-ring (bicyclic) bond motifs is 1. The van der Waals surface area contributed by atoms with Crippen molar-refractivity contribution >= 4 is 22.8 Å². The zero-order chi connectivity index (χ0) is 18.7. The van der Waals surface area contributed by atoms with E-state index in [-0.39, 0.29) is 11.9 Å². The van der Waals surface area contributed by atoms with Gasteiger partial charge in [0.25, 0.3) is 0 Å². The fourth-order valence-corrected chi connectivity index (χ4v) is 3.59. The highest BCUT2D eigenvalue weighted by molar-refractivity contribution is 5.98. The lowest BCUT2D eigenvalue weighted by atomic mass is 10.0. The molecule has 1 aliphatic heterocycles. The minimum Gasteiger partial charge on any atom is -0.462 e. The van der Waals surface area contributed by atoms with Gasteiger partial charge in [-0.3, -0.25) is 4.79 Å². The van der Waals surface area contributed by atoms with Crippen molar-refractivity contribution in [3.05, 3.63) is 41.1 Å². The van der Waals surface area contributed by atoms with Gasteiger partial charge in [-0.25, -0.2) is 9.78 Å². The summed E-state index contributed by atoms with van der Waals surface area (Å²) in [5, 5.41) is 0.982. The van der Waals surface area contributed by atoms with Crippen LogP contribution in [-0.2, 0) is 16.1 Å². The Kier molecular flexibility index (Phi) is 5.52. The second kappa shape index (κ2) is 7.83. The summed E-state index contributed by atoms with van der Waals surface area (Å²) in [6, 6.07) is 7.88. The quantitative estimate of drug-likeness (QED) is 0.829. The van der Waals surface area contributed by atoms with E-state index in [0.717, 1.165) is 48.3 Å². The van der Waals surface area contributed by atoms with Gasteiger partial charge in [0.05, 0.1) is 43.9 Å². The predicted molar refractivity (Wildman–Crippen MR) is 99.1 cm³/mol. The number of rotatable bonds is 4. The molecule has 0 radical (unpaired) electrons. The number of aromatic nitrogens is 1. The largest absolute Gasteiger partial charge is 0.462 e. The molecule has 0 bridgehead atoms. The number of benzene rings is 1. The third-order valence-electron chi connectivity index (χ3n) is 5.04. The van der Waals surface area contributed by atoms with E-state index in [9.17, 15) is 9.59 Å². The number of hydrogen-bond acceptors (Lipinski definition) is 4. The summed E-state index contributed by atoms with van der Waals surface area (Å²) in [5.74, 6) is -0.184. The minimum atomic E-state index is -0.306. The molecule has 0 unspecified atom stereocenters. The normalized spacial score (nSPS) is 15.3. The zero-order valence-electron chi connectivity index (χ0n) is 15.7. The Bertz CT molecular complexity index is 826. The SMILES string of the molecule is CCOC(=O)c1c(C[NH+]2CCN(C(C)=O)CC2)nc2ccccc2c1C. The topological polar surface area (TPSA) is 63.9 Å². The van der Waals surface area contributed by atoms with Gasteiger partial charge in [0.2, 0.25) is 5.91 Å². The van der Waals surface area contributed by atoms with E-state index in [1.807, 2.05) is 43.0 Å². The van der Waals surface area contributed by atoms with Crippen LogP contribution >= 0.6 is 0 Å². The molecule has 1 N–H and O–H groups in total. The Balaban J connectivity index is 1.92. The van der Waals surface area contributed by atoms with Gasteiger partial charge >= 0.3 is 5.97 Å². The fraction of sp³-hybridized carbons (Fsp3) is 0.450. The Hall–Kier alpha value is -2.47. The van der Waals surface area contributed by atoms with Gasteiger partial charge in [0.1, 0.15) is 12.2 Å². The number of aryl methyl sites for hydroxylation is 1. The Morgan fingerprint density at radius 1 is 1.23 bits per heavy atom. The number of amides is 1. The second-order valence-corrected chi connectivity index (χ2v) is 6.73. The van der Waals surface area contributed by atoms with Gasteiger partial charge in [-0.1, -0.05) is 18.2 Å². The highest BCUT2D eigenvalue weighted by Gasteiger charge is 2.26. The number of carbonyl (C=O) groups is 2. The molecule has 1 aromatic heterocycles. The summed E-state index contributed by atoms with van der Waals surface area (Å²) >= 11 is 0. The van der Waals surface area contributed by atoms with E-state index in [2.05, 4.69) is 0 Å². The van der Waals surface area contributed by atoms with Crippen molar-refractivity contribution in [2.75, 3.05) is 32.8 Å². The molecule has 6 nitrogen and oxygen atoms in total. The maximum absolute atomic E-state index is 12.6. The van der Waals surface area contributed by atoms with E-state index < -0.39 is 0 Å². The first-order valence-electron chi connectivity index (χ1n) is 9.15. The van der Waals surface area contributed by atoms with Gasteiger partial charge in [0.15, 0.2) is 0 Å². The van der Waals surface area contributed by atoms with E-state index in [1.165, 1.54) is 4.90 Å². The van der Waals surface area contributed by atoms with E-state index >= 15 is 0 Å². The van der Waals surface area contributed by atoms with Crippen LogP contribution in [0.2, 0.25) is 0 Å². The summed E-state index contributed by atoms with van der Waals surface area (Å²) in [6.07, 6.45) is 0. The molecule has 0 atom stereocenters. The van der Waals surface area contributed by atoms with E-state index in [4.69, 9.17) is 9.72 Å². The lowest BCUT2D eigenvalue weighted by Gasteiger charge is -2.31. The number of quaternary nitrogens is 1. The number of carbonyl (C=O) groups excluding carboxylic acids is 2. The standard InChI is InChI=1S/C20H25N3O3/c1-4-26-20(25)19-14(2)16-7-5-6-8-17(16)21-18(19)13-22-9-11-23(12-10-22)15(3)24/h5-8H,4,9-13H2,1-3H3/p+1. The van der Waals surface area contributed by atoms with Crippen LogP contribution in [0.4, 0.5) is 0 Å². The molecule has 0 spiro atoms. The van der Waals surface area contributed by atoms with Crippen LogP contribution in [0.15, 0.2) is 24.3 Å². The Labute approximate surface area is 153 Å². The smallest absolute Gasteiger partial charge is 0.340 e. The van der Waals surface area contributed by atoms with Crippen molar-refractivity contribution in [3.8, 4) is 0 Å². The third-order valence-corrected chi connectivity index (χ3v) is 5.04. The minimum absolute atomic E-state index is 0.121. The van der Waals surface area contributed by atoms with Gasteiger partial charge < -0.3 is 14.5 Å². The van der Waals surface area contributed by atoms with Crippen LogP contribution in [0.25, 0.3) is 10.9 Å². The van der Waals surface area contributed by atoms with E-state index in [0.29, 0.717) is 18.7 Å². The number of piperazine rings is 1. The molecule has 26 heavy (non-hydrogen) atoms. The van der Waals surface area contributed by atoms with Crippen LogP contribution in [-0.4, -0.2) is 54.5 Å². The van der Waals surface area contributed by atoms with Crippen molar-refractivity contribution in [3.63, 3.8) is 0 Å². The summed E-state index contributed by atoms with van der Waals surface area (Å²) in [5.41, 5.74) is 3.19. The second-order valence-electron chi connectivity index (χ2n) is 6.73. The maximum Gasteiger partial charge on any atom is 0.340 e. The first kappa shape index (κ1) is 18.3. The van der Waals surface area contributed by atoms with Crippen molar-refractivity contribution in [2.45, 2.75) is 27.3 Å². The Morgan fingerprint density at radius 3 is 2.58 bits per heavy atom. The average molecular weight is 356 g/mol. The van der Waals surface area contributed by atoms with Gasteiger partial charge in [0, 0.05) is 12.3 Å². The first-order chi connectivity index (χ1) is 12.5. The maximum atomic E-state index is 12.6. The number of ether oxygens (including phenoxy) is 1. The number of pyridine rings is 1. The predicted octanol–water partition coefficient (Wildman–Crippen LogP) is 0.967. The van der Waals surface area contributed by atoms with Crippen LogP contribution < -0.4 is 4.90 Å². The number of nitrogens with one attached hydrogen (secondary N) is 1. The highest BCUT2D eigenvalue weighted by atomic mass is 16.5. The van der Waals surface area contributed by atoms with Gasteiger partial charge in [-0.05, 0) is 25.5 Å². The first-order valence-corrected chi connectivity index (χ1v) is 9.15. The molecule has 1 amide bonds. The monoisotopic (exact) mass is 356 g/mol. The third kappa shape index (κ3) is 3.70. The molecule has 1 fully saturated rings. The molecular weight excluding hydrogens is 330 g/mol. The van der Waals surface area contributed by atoms with Gasteiger partial charge in [-0.2, -0.15) is 0 Å². The summed E-state index contributed by atoms with van der Waals surface area (Å²) in [4.78, 5) is 32.1. The van der Waals surface area contributed by atoms with Crippen LogP contribution in [0.5, 0.6) is 0 Å². The number of esters is 1. The molecular formula is C20H26N3O3+. The van der Waals surface area contributed by atoms with Crippen LogP contribution in [0, 0.1) is 6.92 Å². The molecule has 0 aliphatic carbocycles. The van der Waals surface area contributed by atoms with Crippen molar-refractivity contribution in [1.29, 1.82) is 0 Å². The van der Waals surface area contributed by atoms with E-state index in [1.54, 1.807) is 6.92 Å². The summed E-state index contributed by atoms with van der Waals surface area (Å²) in [7, 11) is 0. The molecule has 138 valence electrons. The number of nitrogens with zero attached hydrogens (tertiary/aromatic N) is 2. The van der Waals surface area contributed by atoms with Crippen molar-refractivity contribution in [1.82, 2.24) is 9.88 Å².